The molecule has 6 nitrogen and oxygen atoms in total. The van der Waals surface area contributed by atoms with E-state index in [1.54, 1.807) is 18.6 Å². The molecule has 0 bridgehead atoms. The maximum atomic E-state index is 5.91. The fourth-order valence-corrected chi connectivity index (χ4v) is 2.06. The maximum absolute atomic E-state index is 5.91. The molecule has 19 heavy (non-hydrogen) atoms. The van der Waals surface area contributed by atoms with Gasteiger partial charge in [-0.1, -0.05) is 5.16 Å². The first kappa shape index (κ1) is 12.0. The number of halogens is 1. The zero-order valence-electron chi connectivity index (χ0n) is 9.62. The highest BCUT2D eigenvalue weighted by Crippen LogP contribution is 2.27. The Labute approximate surface area is 122 Å². The monoisotopic (exact) mass is 365 g/mol. The summed E-state index contributed by atoms with van der Waals surface area (Å²) in [6.07, 6.45) is 4.74. The van der Waals surface area contributed by atoms with E-state index in [4.69, 9.17) is 10.3 Å². The van der Waals surface area contributed by atoms with Crippen molar-refractivity contribution in [2.45, 2.75) is 0 Å². The molecule has 7 heteroatoms. The van der Waals surface area contributed by atoms with Crippen LogP contribution in [0.25, 0.3) is 23.0 Å². The van der Waals surface area contributed by atoms with E-state index < -0.39 is 0 Å². The lowest BCUT2D eigenvalue weighted by Gasteiger charge is -2.00. The molecule has 0 radical (unpaired) electrons. The lowest BCUT2D eigenvalue weighted by molar-refractivity contribution is 0.432. The Kier molecular flexibility index (Phi) is 3.11. The van der Waals surface area contributed by atoms with Crippen LogP contribution in [0.4, 0.5) is 5.69 Å². The second-order valence-corrected chi connectivity index (χ2v) is 4.99. The van der Waals surface area contributed by atoms with Gasteiger partial charge in [0.2, 0.25) is 5.82 Å². The van der Waals surface area contributed by atoms with Crippen molar-refractivity contribution >= 4 is 28.3 Å². The fraction of sp³-hybridized carbons (Fsp3) is 0. The van der Waals surface area contributed by atoms with Crippen LogP contribution in [0.2, 0.25) is 0 Å². The zero-order valence-corrected chi connectivity index (χ0v) is 11.8. The van der Waals surface area contributed by atoms with Gasteiger partial charge in [-0.3, -0.25) is 4.98 Å². The molecule has 0 aliphatic carbocycles. The predicted octanol–water partition coefficient (Wildman–Crippen LogP) is 2.38. The first-order valence-electron chi connectivity index (χ1n) is 5.39. The largest absolute Gasteiger partial charge is 0.398 e. The van der Waals surface area contributed by atoms with Crippen LogP contribution in [0, 0.1) is 3.57 Å². The Morgan fingerprint density at radius 1 is 1.21 bits per heavy atom. The van der Waals surface area contributed by atoms with Crippen molar-refractivity contribution in [3.05, 3.63) is 40.4 Å². The molecule has 0 unspecified atom stereocenters. The van der Waals surface area contributed by atoms with Crippen molar-refractivity contribution in [3.63, 3.8) is 0 Å². The molecule has 0 amide bonds. The number of anilines is 1. The summed E-state index contributed by atoms with van der Waals surface area (Å²) in [4.78, 5) is 12.4. The number of rotatable bonds is 2. The van der Waals surface area contributed by atoms with Gasteiger partial charge in [0.05, 0.1) is 11.8 Å². The van der Waals surface area contributed by atoms with Gasteiger partial charge < -0.3 is 10.3 Å². The van der Waals surface area contributed by atoms with Crippen LogP contribution in [-0.2, 0) is 0 Å². The van der Waals surface area contributed by atoms with Crippen LogP contribution in [-0.4, -0.2) is 20.1 Å². The molecule has 0 fully saturated rings. The van der Waals surface area contributed by atoms with E-state index in [1.807, 2.05) is 18.2 Å². The molecule has 0 aliphatic rings. The number of nitrogens with two attached hydrogens (primary N) is 1. The molecule has 94 valence electrons. The van der Waals surface area contributed by atoms with Gasteiger partial charge in [0.15, 0.2) is 0 Å². The van der Waals surface area contributed by atoms with E-state index >= 15 is 0 Å². The highest BCUT2D eigenvalue weighted by Gasteiger charge is 2.14. The van der Waals surface area contributed by atoms with Gasteiger partial charge >= 0.3 is 0 Å². The summed E-state index contributed by atoms with van der Waals surface area (Å²) >= 11 is 2.20. The van der Waals surface area contributed by atoms with E-state index in [0.717, 1.165) is 9.13 Å². The molecule has 0 atom stereocenters. The second kappa shape index (κ2) is 4.92. The molecule has 3 aromatic rings. The molecule has 0 saturated heterocycles. The highest BCUT2D eigenvalue weighted by molar-refractivity contribution is 14.1. The molecule has 2 N–H and O–H groups in total. The Balaban J connectivity index is 2.04. The minimum atomic E-state index is 0.372. The molecular formula is C12H8IN5O. The van der Waals surface area contributed by atoms with E-state index in [1.165, 1.54) is 0 Å². The number of nitrogen functional groups attached to an aromatic ring is 1. The van der Waals surface area contributed by atoms with Crippen LogP contribution in [0.3, 0.4) is 0 Å². The van der Waals surface area contributed by atoms with Crippen molar-refractivity contribution in [1.29, 1.82) is 0 Å². The SMILES string of the molecule is Nc1ccc(I)cc1-c1nc(-c2cnccn2)no1. The molecule has 0 aliphatic heterocycles. The van der Waals surface area contributed by atoms with Gasteiger partial charge in [0.25, 0.3) is 5.89 Å². The molecule has 3 rings (SSSR count). The highest BCUT2D eigenvalue weighted by atomic mass is 127. The van der Waals surface area contributed by atoms with Crippen molar-refractivity contribution in [2.24, 2.45) is 0 Å². The smallest absolute Gasteiger partial charge is 0.260 e. The quantitative estimate of drug-likeness (QED) is 0.554. The Morgan fingerprint density at radius 2 is 2.11 bits per heavy atom. The first-order chi connectivity index (χ1) is 9.24. The molecule has 1 aromatic carbocycles. The van der Waals surface area contributed by atoms with Crippen molar-refractivity contribution < 1.29 is 4.52 Å². The standard InChI is InChI=1S/C12H8IN5O/c13-7-1-2-9(14)8(5-7)12-17-11(18-19-12)10-6-15-3-4-16-10/h1-6H,14H2. The lowest BCUT2D eigenvalue weighted by atomic mass is 10.2. The van der Waals surface area contributed by atoms with Crippen molar-refractivity contribution in [2.75, 3.05) is 5.73 Å². The summed E-state index contributed by atoms with van der Waals surface area (Å²) in [7, 11) is 0. The summed E-state index contributed by atoms with van der Waals surface area (Å²) in [5.41, 5.74) is 7.78. The van der Waals surface area contributed by atoms with Crippen molar-refractivity contribution in [3.8, 4) is 23.0 Å². The normalized spacial score (nSPS) is 10.6. The Bertz CT molecular complexity index is 713. The summed E-state index contributed by atoms with van der Waals surface area (Å²) in [6.45, 7) is 0. The summed E-state index contributed by atoms with van der Waals surface area (Å²) in [6, 6.07) is 5.62. The van der Waals surface area contributed by atoms with Gasteiger partial charge in [-0.15, -0.1) is 0 Å². The van der Waals surface area contributed by atoms with Crippen LogP contribution < -0.4 is 5.73 Å². The lowest BCUT2D eigenvalue weighted by Crippen LogP contribution is -1.91. The molecular weight excluding hydrogens is 357 g/mol. The minimum Gasteiger partial charge on any atom is -0.398 e. The number of aromatic nitrogens is 4. The zero-order chi connectivity index (χ0) is 13.2. The van der Waals surface area contributed by atoms with Crippen LogP contribution in [0.1, 0.15) is 0 Å². The van der Waals surface area contributed by atoms with Gasteiger partial charge in [-0.25, -0.2) is 4.98 Å². The van der Waals surface area contributed by atoms with Crippen molar-refractivity contribution in [1.82, 2.24) is 20.1 Å². The fourth-order valence-electron chi connectivity index (χ4n) is 1.57. The number of nitrogens with zero attached hydrogens (tertiary/aromatic N) is 4. The average molecular weight is 365 g/mol. The van der Waals surface area contributed by atoms with Gasteiger partial charge in [-0.05, 0) is 40.8 Å². The predicted molar refractivity (Wildman–Crippen MR) is 77.9 cm³/mol. The molecule has 0 saturated carbocycles. The number of hydrogen-bond donors (Lipinski definition) is 1. The second-order valence-electron chi connectivity index (χ2n) is 3.75. The number of benzene rings is 1. The van der Waals surface area contributed by atoms with Crippen LogP contribution >= 0.6 is 22.6 Å². The Morgan fingerprint density at radius 3 is 2.89 bits per heavy atom. The van der Waals surface area contributed by atoms with Gasteiger partial charge in [0, 0.05) is 21.7 Å². The first-order valence-corrected chi connectivity index (χ1v) is 6.47. The Hall–Kier alpha value is -2.03. The van der Waals surface area contributed by atoms with Gasteiger partial charge in [-0.2, -0.15) is 4.98 Å². The van der Waals surface area contributed by atoms with E-state index in [9.17, 15) is 0 Å². The van der Waals surface area contributed by atoms with Crippen LogP contribution in [0.15, 0.2) is 41.3 Å². The van der Waals surface area contributed by atoms with E-state index in [0.29, 0.717) is 23.1 Å². The average Bonchev–Trinajstić information content (AvgIpc) is 2.92. The third-order valence-electron chi connectivity index (χ3n) is 2.46. The molecule has 2 heterocycles. The van der Waals surface area contributed by atoms with E-state index in [-0.39, 0.29) is 0 Å². The number of hydrogen-bond acceptors (Lipinski definition) is 6. The minimum absolute atomic E-state index is 0.372. The summed E-state index contributed by atoms with van der Waals surface area (Å²) < 4.78 is 6.27. The molecule has 0 spiro atoms. The maximum Gasteiger partial charge on any atom is 0.260 e. The third-order valence-corrected chi connectivity index (χ3v) is 3.14. The van der Waals surface area contributed by atoms with Crippen LogP contribution in [0.5, 0.6) is 0 Å². The van der Waals surface area contributed by atoms with Gasteiger partial charge in [0.1, 0.15) is 5.69 Å². The van der Waals surface area contributed by atoms with E-state index in [2.05, 4.69) is 42.7 Å². The topological polar surface area (TPSA) is 90.7 Å². The summed E-state index contributed by atoms with van der Waals surface area (Å²) in [5, 5.41) is 3.89. The summed E-state index contributed by atoms with van der Waals surface area (Å²) in [5.74, 6) is 0.762. The molecule has 2 aromatic heterocycles. The third kappa shape index (κ3) is 2.41.